The van der Waals surface area contributed by atoms with Crippen molar-refractivity contribution in [2.45, 2.75) is 6.54 Å². The number of hydrogen-bond donors (Lipinski definition) is 2. The molecule has 4 rings (SSSR count). The van der Waals surface area contributed by atoms with Gasteiger partial charge in [-0.15, -0.1) is 5.10 Å². The third-order valence-corrected chi connectivity index (χ3v) is 3.72. The van der Waals surface area contributed by atoms with E-state index in [1.807, 2.05) is 30.3 Å². The van der Waals surface area contributed by atoms with Gasteiger partial charge >= 0.3 is 5.76 Å². The fourth-order valence-corrected chi connectivity index (χ4v) is 2.46. The van der Waals surface area contributed by atoms with Crippen LogP contribution >= 0.6 is 0 Å². The van der Waals surface area contributed by atoms with Crippen molar-refractivity contribution in [2.75, 3.05) is 11.1 Å². The topological polar surface area (TPSA) is 125 Å². The Bertz CT molecular complexity index is 1160. The Kier molecular flexibility index (Phi) is 4.50. The van der Waals surface area contributed by atoms with Crippen LogP contribution in [0.2, 0.25) is 0 Å². The van der Waals surface area contributed by atoms with Crippen LogP contribution in [-0.4, -0.2) is 24.7 Å². The summed E-state index contributed by atoms with van der Waals surface area (Å²) in [6.45, 7) is -0.0697. The minimum absolute atomic E-state index is 0.00117. The van der Waals surface area contributed by atoms with Crippen LogP contribution < -0.4 is 16.8 Å². The van der Waals surface area contributed by atoms with Crippen LogP contribution in [0, 0.1) is 5.82 Å². The van der Waals surface area contributed by atoms with Crippen molar-refractivity contribution in [3.05, 3.63) is 76.8 Å². The fourth-order valence-electron chi connectivity index (χ4n) is 2.46. The first-order chi connectivity index (χ1) is 13.6. The van der Waals surface area contributed by atoms with Gasteiger partial charge in [-0.2, -0.15) is 19.6 Å². The molecular formula is C18H14FN7O2. The molecule has 0 amide bonds. The highest BCUT2D eigenvalue weighted by atomic mass is 19.1. The SMILES string of the molecule is Nc1nc(Cn2nc(-c3ccc(F)cc3)oc2=O)nc(Nc2ccccc2)n1. The summed E-state index contributed by atoms with van der Waals surface area (Å²) in [5.41, 5.74) is 6.99. The molecule has 0 radical (unpaired) electrons. The van der Waals surface area contributed by atoms with E-state index in [0.717, 1.165) is 10.4 Å². The second-order valence-electron chi connectivity index (χ2n) is 5.76. The Morgan fingerprint density at radius 3 is 2.54 bits per heavy atom. The van der Waals surface area contributed by atoms with Crippen molar-refractivity contribution >= 4 is 17.6 Å². The maximum absolute atomic E-state index is 13.0. The van der Waals surface area contributed by atoms with E-state index in [9.17, 15) is 9.18 Å². The lowest BCUT2D eigenvalue weighted by Gasteiger charge is -2.06. The summed E-state index contributed by atoms with van der Waals surface area (Å²) in [5, 5.41) is 7.11. The summed E-state index contributed by atoms with van der Waals surface area (Å²) in [6, 6.07) is 14.7. The van der Waals surface area contributed by atoms with Crippen molar-refractivity contribution in [1.29, 1.82) is 0 Å². The minimum atomic E-state index is -0.698. The first kappa shape index (κ1) is 17.3. The van der Waals surface area contributed by atoms with Gasteiger partial charge in [0.05, 0.1) is 0 Å². The lowest BCUT2D eigenvalue weighted by molar-refractivity contribution is 0.491. The molecule has 0 unspecified atom stereocenters. The van der Waals surface area contributed by atoms with Crippen LogP contribution in [-0.2, 0) is 6.54 Å². The number of benzene rings is 2. The Morgan fingerprint density at radius 2 is 1.79 bits per heavy atom. The van der Waals surface area contributed by atoms with E-state index >= 15 is 0 Å². The van der Waals surface area contributed by atoms with E-state index in [0.29, 0.717) is 5.56 Å². The first-order valence-electron chi connectivity index (χ1n) is 8.23. The highest BCUT2D eigenvalue weighted by Gasteiger charge is 2.13. The highest BCUT2D eigenvalue weighted by Crippen LogP contribution is 2.16. The van der Waals surface area contributed by atoms with Gasteiger partial charge in [0, 0.05) is 11.3 Å². The van der Waals surface area contributed by atoms with Crippen molar-refractivity contribution in [1.82, 2.24) is 24.7 Å². The standard InChI is InChI=1S/C18H14FN7O2/c19-12-8-6-11(7-9-12)15-25-26(18(27)28-15)10-14-22-16(20)24-17(23-14)21-13-4-2-1-3-5-13/h1-9H,10H2,(H3,20,21,22,23,24). The molecule has 28 heavy (non-hydrogen) atoms. The molecule has 4 aromatic rings. The summed E-state index contributed by atoms with van der Waals surface area (Å²) in [7, 11) is 0. The maximum atomic E-state index is 13.0. The number of rotatable bonds is 5. The fraction of sp³-hybridized carbons (Fsp3) is 0.0556. The third-order valence-electron chi connectivity index (χ3n) is 3.72. The zero-order valence-corrected chi connectivity index (χ0v) is 14.4. The van der Waals surface area contributed by atoms with Crippen molar-refractivity contribution in [3.8, 4) is 11.5 Å². The van der Waals surface area contributed by atoms with E-state index in [1.165, 1.54) is 24.3 Å². The zero-order chi connectivity index (χ0) is 19.5. The summed E-state index contributed by atoms with van der Waals surface area (Å²) in [5.74, 6) is -0.565. The Balaban J connectivity index is 1.59. The molecule has 0 aliphatic carbocycles. The largest absolute Gasteiger partial charge is 0.437 e. The average Bonchev–Trinajstić information content (AvgIpc) is 3.03. The number of para-hydroxylation sites is 1. The van der Waals surface area contributed by atoms with E-state index in [-0.39, 0.29) is 30.2 Å². The molecule has 0 saturated carbocycles. The quantitative estimate of drug-likeness (QED) is 0.541. The number of aromatic nitrogens is 5. The van der Waals surface area contributed by atoms with Gasteiger partial charge in [-0.25, -0.2) is 9.18 Å². The van der Waals surface area contributed by atoms with Gasteiger partial charge < -0.3 is 15.5 Å². The molecule has 0 saturated heterocycles. The number of hydrogen-bond acceptors (Lipinski definition) is 8. The Morgan fingerprint density at radius 1 is 1.04 bits per heavy atom. The summed E-state index contributed by atoms with van der Waals surface area (Å²) in [4.78, 5) is 24.4. The molecule has 0 aliphatic rings. The lowest BCUT2D eigenvalue weighted by atomic mass is 10.2. The van der Waals surface area contributed by atoms with E-state index in [2.05, 4.69) is 25.4 Å². The number of nitrogen functional groups attached to an aromatic ring is 1. The predicted octanol–water partition coefficient (Wildman–Crippen LogP) is 2.20. The number of nitrogens with two attached hydrogens (primary N) is 1. The van der Waals surface area contributed by atoms with Gasteiger partial charge in [0.2, 0.25) is 17.8 Å². The monoisotopic (exact) mass is 379 g/mol. The number of halogens is 1. The summed E-state index contributed by atoms with van der Waals surface area (Å²) >= 11 is 0. The van der Waals surface area contributed by atoms with Gasteiger partial charge in [-0.3, -0.25) is 0 Å². The van der Waals surface area contributed by atoms with Crippen LogP contribution in [0.15, 0.2) is 63.8 Å². The van der Waals surface area contributed by atoms with Crippen LogP contribution in [0.4, 0.5) is 22.0 Å². The molecule has 9 nitrogen and oxygen atoms in total. The summed E-state index contributed by atoms with van der Waals surface area (Å²) < 4.78 is 19.2. The molecule has 0 atom stereocenters. The molecule has 140 valence electrons. The van der Waals surface area contributed by atoms with E-state index in [1.54, 1.807) is 0 Å². The number of nitrogens with one attached hydrogen (secondary N) is 1. The maximum Gasteiger partial charge on any atom is 0.437 e. The number of anilines is 3. The van der Waals surface area contributed by atoms with Crippen molar-refractivity contribution in [2.24, 2.45) is 0 Å². The molecular weight excluding hydrogens is 365 g/mol. The van der Waals surface area contributed by atoms with Crippen LogP contribution in [0.3, 0.4) is 0 Å². The molecule has 0 bridgehead atoms. The first-order valence-corrected chi connectivity index (χ1v) is 8.23. The van der Waals surface area contributed by atoms with Gasteiger partial charge in [0.1, 0.15) is 12.4 Å². The second-order valence-corrected chi connectivity index (χ2v) is 5.76. The van der Waals surface area contributed by atoms with Crippen LogP contribution in [0.1, 0.15) is 5.82 Å². The molecule has 2 aromatic carbocycles. The molecule has 0 aliphatic heterocycles. The van der Waals surface area contributed by atoms with Gasteiger partial charge in [-0.05, 0) is 36.4 Å². The van der Waals surface area contributed by atoms with Crippen LogP contribution in [0.5, 0.6) is 0 Å². The molecule has 2 aromatic heterocycles. The van der Waals surface area contributed by atoms with E-state index in [4.69, 9.17) is 10.2 Å². The Labute approximate surface area is 157 Å². The van der Waals surface area contributed by atoms with Crippen LogP contribution in [0.25, 0.3) is 11.5 Å². The zero-order valence-electron chi connectivity index (χ0n) is 14.4. The number of nitrogens with zero attached hydrogens (tertiary/aromatic N) is 5. The predicted molar refractivity (Wildman–Crippen MR) is 99.2 cm³/mol. The summed E-state index contributed by atoms with van der Waals surface area (Å²) in [6.07, 6.45) is 0. The normalized spacial score (nSPS) is 10.8. The van der Waals surface area contributed by atoms with Gasteiger partial charge in [-0.1, -0.05) is 18.2 Å². The molecule has 2 heterocycles. The third kappa shape index (κ3) is 3.85. The smallest absolute Gasteiger partial charge is 0.388 e. The molecule has 3 N–H and O–H groups in total. The Hall–Kier alpha value is -4.08. The van der Waals surface area contributed by atoms with Crippen molar-refractivity contribution < 1.29 is 8.81 Å². The second kappa shape index (κ2) is 7.27. The highest BCUT2D eigenvalue weighted by molar-refractivity contribution is 5.53. The average molecular weight is 379 g/mol. The molecule has 0 spiro atoms. The van der Waals surface area contributed by atoms with Gasteiger partial charge in [0.25, 0.3) is 0 Å². The van der Waals surface area contributed by atoms with Crippen molar-refractivity contribution in [3.63, 3.8) is 0 Å². The lowest BCUT2D eigenvalue weighted by Crippen LogP contribution is -2.19. The van der Waals surface area contributed by atoms with E-state index < -0.39 is 11.6 Å². The molecule has 10 heteroatoms. The van der Waals surface area contributed by atoms with Gasteiger partial charge in [0.15, 0.2) is 5.82 Å². The minimum Gasteiger partial charge on any atom is -0.388 e. The molecule has 0 fully saturated rings.